The normalized spacial score (nSPS) is 17.1. The fourth-order valence-electron chi connectivity index (χ4n) is 2.45. The van der Waals surface area contributed by atoms with Gasteiger partial charge in [0.1, 0.15) is 11.9 Å². The van der Waals surface area contributed by atoms with Gasteiger partial charge in [0.2, 0.25) is 10.1 Å². The zero-order chi connectivity index (χ0) is 13.5. The minimum atomic E-state index is 0.172. The van der Waals surface area contributed by atoms with Crippen LogP contribution in [0.1, 0.15) is 11.3 Å². The van der Waals surface area contributed by atoms with Crippen LogP contribution in [0.3, 0.4) is 0 Å². The fourth-order valence-corrected chi connectivity index (χ4v) is 3.28. The Bertz CT molecular complexity index is 707. The molecule has 0 bridgehead atoms. The molecule has 0 saturated carbocycles. The lowest BCUT2D eigenvalue weighted by Gasteiger charge is -2.10. The van der Waals surface area contributed by atoms with Crippen molar-refractivity contribution < 1.29 is 4.74 Å². The second-order valence-electron chi connectivity index (χ2n) is 4.95. The van der Waals surface area contributed by atoms with Gasteiger partial charge in [-0.2, -0.15) is 0 Å². The first-order valence-electron chi connectivity index (χ1n) is 6.59. The van der Waals surface area contributed by atoms with Crippen LogP contribution in [0.4, 0.5) is 5.13 Å². The fraction of sp³-hybridized carbons (Fsp3) is 0.286. The standard InChI is InChI=1S/C14H14N4OS/c1-9-8-18-14(16-9)20-13(17-18)15-7-11-6-10-4-2-3-5-12(10)19-11/h2-5,8,11H,6-7H2,1H3,(H,15,17)/t11-/m0/s1. The van der Waals surface area contributed by atoms with E-state index in [0.29, 0.717) is 0 Å². The van der Waals surface area contributed by atoms with Gasteiger partial charge < -0.3 is 10.1 Å². The van der Waals surface area contributed by atoms with Gasteiger partial charge in [-0.1, -0.05) is 29.5 Å². The number of rotatable bonds is 3. The number of imidazole rings is 1. The number of nitrogens with one attached hydrogen (secondary N) is 1. The third kappa shape index (κ3) is 2.02. The number of hydrogen-bond donors (Lipinski definition) is 1. The Morgan fingerprint density at radius 2 is 2.35 bits per heavy atom. The molecule has 5 nitrogen and oxygen atoms in total. The minimum absolute atomic E-state index is 0.172. The van der Waals surface area contributed by atoms with E-state index >= 15 is 0 Å². The van der Waals surface area contributed by atoms with Gasteiger partial charge in [-0.25, -0.2) is 9.50 Å². The van der Waals surface area contributed by atoms with Crippen LogP contribution < -0.4 is 10.1 Å². The highest BCUT2D eigenvalue weighted by atomic mass is 32.1. The molecule has 1 N–H and O–H groups in total. The van der Waals surface area contributed by atoms with Crippen LogP contribution in [0.5, 0.6) is 5.75 Å². The highest BCUT2D eigenvalue weighted by Crippen LogP contribution is 2.28. The maximum atomic E-state index is 5.90. The van der Waals surface area contributed by atoms with Gasteiger partial charge in [0.05, 0.1) is 18.4 Å². The first kappa shape index (κ1) is 11.7. The van der Waals surface area contributed by atoms with Gasteiger partial charge in [-0.05, 0) is 18.6 Å². The Morgan fingerprint density at radius 1 is 1.45 bits per heavy atom. The Kier molecular flexibility index (Phi) is 2.63. The van der Waals surface area contributed by atoms with E-state index < -0.39 is 0 Å². The molecule has 1 atom stereocenters. The molecule has 0 unspecified atom stereocenters. The predicted octanol–water partition coefficient (Wildman–Crippen LogP) is 2.51. The van der Waals surface area contributed by atoms with Crippen molar-refractivity contribution in [3.63, 3.8) is 0 Å². The van der Waals surface area contributed by atoms with E-state index in [1.54, 1.807) is 11.3 Å². The Balaban J connectivity index is 1.42. The molecule has 102 valence electrons. The number of ether oxygens (including phenoxy) is 1. The molecule has 0 fully saturated rings. The van der Waals surface area contributed by atoms with E-state index in [0.717, 1.165) is 34.5 Å². The molecular formula is C14H14N4OS. The molecule has 0 radical (unpaired) electrons. The van der Waals surface area contributed by atoms with Crippen LogP contribution in [0, 0.1) is 6.92 Å². The van der Waals surface area contributed by atoms with Gasteiger partial charge in [0.15, 0.2) is 0 Å². The molecule has 3 aromatic rings. The molecule has 0 amide bonds. The number of anilines is 1. The van der Waals surface area contributed by atoms with Crippen LogP contribution in [0.25, 0.3) is 4.96 Å². The van der Waals surface area contributed by atoms with Crippen LogP contribution >= 0.6 is 11.3 Å². The predicted molar refractivity (Wildman–Crippen MR) is 78.7 cm³/mol. The molecule has 4 rings (SSSR count). The van der Waals surface area contributed by atoms with Crippen molar-refractivity contribution >= 4 is 21.4 Å². The number of aromatic nitrogens is 3. The molecule has 3 heterocycles. The lowest BCUT2D eigenvalue weighted by atomic mass is 10.1. The number of aryl methyl sites for hydroxylation is 1. The molecule has 0 saturated heterocycles. The molecule has 2 aromatic heterocycles. The van der Waals surface area contributed by atoms with E-state index in [4.69, 9.17) is 4.74 Å². The minimum Gasteiger partial charge on any atom is -0.488 e. The molecular weight excluding hydrogens is 272 g/mol. The quantitative estimate of drug-likeness (QED) is 0.804. The highest BCUT2D eigenvalue weighted by molar-refractivity contribution is 7.20. The third-order valence-electron chi connectivity index (χ3n) is 3.36. The SMILES string of the molecule is Cc1cn2nc(NC[C@@H]3Cc4ccccc4O3)sc2n1. The van der Waals surface area contributed by atoms with Crippen LogP contribution in [-0.4, -0.2) is 27.2 Å². The summed E-state index contributed by atoms with van der Waals surface area (Å²) >= 11 is 1.56. The Morgan fingerprint density at radius 3 is 3.20 bits per heavy atom. The van der Waals surface area contributed by atoms with Crippen LogP contribution in [0.2, 0.25) is 0 Å². The summed E-state index contributed by atoms with van der Waals surface area (Å²) in [5, 5.41) is 8.67. The van der Waals surface area contributed by atoms with Crippen molar-refractivity contribution in [2.75, 3.05) is 11.9 Å². The lowest BCUT2D eigenvalue weighted by Crippen LogP contribution is -2.23. The molecule has 1 aromatic carbocycles. The Labute approximate surface area is 120 Å². The molecule has 0 spiro atoms. The highest BCUT2D eigenvalue weighted by Gasteiger charge is 2.22. The maximum Gasteiger partial charge on any atom is 0.214 e. The largest absolute Gasteiger partial charge is 0.488 e. The van der Waals surface area contributed by atoms with Crippen molar-refractivity contribution in [2.45, 2.75) is 19.4 Å². The lowest BCUT2D eigenvalue weighted by molar-refractivity contribution is 0.246. The van der Waals surface area contributed by atoms with Gasteiger partial charge >= 0.3 is 0 Å². The smallest absolute Gasteiger partial charge is 0.214 e. The summed E-state index contributed by atoms with van der Waals surface area (Å²) in [5.74, 6) is 1.00. The average Bonchev–Trinajstić information content (AvgIpc) is 3.07. The zero-order valence-corrected chi connectivity index (χ0v) is 11.9. The number of nitrogens with zero attached hydrogens (tertiary/aromatic N) is 3. The second kappa shape index (κ2) is 4.49. The van der Waals surface area contributed by atoms with Gasteiger partial charge in [0, 0.05) is 6.42 Å². The second-order valence-corrected chi connectivity index (χ2v) is 5.91. The summed E-state index contributed by atoms with van der Waals surface area (Å²) in [4.78, 5) is 5.31. The summed E-state index contributed by atoms with van der Waals surface area (Å²) in [6, 6.07) is 8.20. The molecule has 1 aliphatic heterocycles. The first-order chi connectivity index (χ1) is 9.78. The van der Waals surface area contributed by atoms with Gasteiger partial charge in [-0.15, -0.1) is 5.10 Å². The van der Waals surface area contributed by atoms with Crippen molar-refractivity contribution in [3.8, 4) is 5.75 Å². The molecule has 1 aliphatic rings. The van der Waals surface area contributed by atoms with Crippen molar-refractivity contribution in [1.29, 1.82) is 0 Å². The van der Waals surface area contributed by atoms with Crippen molar-refractivity contribution in [3.05, 3.63) is 41.7 Å². The van der Waals surface area contributed by atoms with E-state index in [-0.39, 0.29) is 6.10 Å². The molecule has 0 aliphatic carbocycles. The van der Waals surface area contributed by atoms with Gasteiger partial charge in [0.25, 0.3) is 0 Å². The molecule has 20 heavy (non-hydrogen) atoms. The van der Waals surface area contributed by atoms with Crippen molar-refractivity contribution in [2.24, 2.45) is 0 Å². The average molecular weight is 286 g/mol. The van der Waals surface area contributed by atoms with E-state index in [2.05, 4.69) is 27.5 Å². The number of para-hydroxylation sites is 1. The summed E-state index contributed by atoms with van der Waals surface area (Å²) in [6.07, 6.45) is 3.05. The third-order valence-corrected chi connectivity index (χ3v) is 4.24. The number of hydrogen-bond acceptors (Lipinski definition) is 5. The van der Waals surface area contributed by atoms with Crippen LogP contribution in [0.15, 0.2) is 30.5 Å². The van der Waals surface area contributed by atoms with E-state index in [1.807, 2.05) is 29.8 Å². The summed E-state index contributed by atoms with van der Waals surface area (Å²) in [5.41, 5.74) is 2.27. The summed E-state index contributed by atoms with van der Waals surface area (Å²) in [7, 11) is 0. The first-order valence-corrected chi connectivity index (χ1v) is 7.41. The summed E-state index contributed by atoms with van der Waals surface area (Å²) in [6.45, 7) is 2.72. The number of fused-ring (bicyclic) bond motifs is 2. The Hall–Kier alpha value is -2.08. The molecule has 6 heteroatoms. The van der Waals surface area contributed by atoms with E-state index in [9.17, 15) is 0 Å². The zero-order valence-electron chi connectivity index (χ0n) is 11.0. The van der Waals surface area contributed by atoms with Gasteiger partial charge in [-0.3, -0.25) is 0 Å². The summed E-state index contributed by atoms with van der Waals surface area (Å²) < 4.78 is 7.71. The van der Waals surface area contributed by atoms with Crippen molar-refractivity contribution in [1.82, 2.24) is 14.6 Å². The monoisotopic (exact) mass is 286 g/mol. The van der Waals surface area contributed by atoms with Crippen LogP contribution in [-0.2, 0) is 6.42 Å². The maximum absolute atomic E-state index is 5.90. The van der Waals surface area contributed by atoms with E-state index in [1.165, 1.54) is 5.56 Å². The topological polar surface area (TPSA) is 51.5 Å². The number of benzene rings is 1.